The Bertz CT molecular complexity index is 787. The maximum Gasteiger partial charge on any atom is 0.263 e. The fourth-order valence-corrected chi connectivity index (χ4v) is 5.58. The summed E-state index contributed by atoms with van der Waals surface area (Å²) >= 11 is 2.02. The normalized spacial score (nSPS) is 25.6. The summed E-state index contributed by atoms with van der Waals surface area (Å²) in [6.07, 6.45) is 6.28. The number of morpholine rings is 1. The molecule has 30 heavy (non-hydrogen) atoms. The minimum absolute atomic E-state index is 0.118. The van der Waals surface area contributed by atoms with E-state index in [4.69, 9.17) is 4.74 Å². The number of ether oxygens (including phenoxy) is 1. The molecule has 4 rings (SSSR count). The number of amides is 1. The fourth-order valence-electron chi connectivity index (χ4n) is 4.47. The molecule has 166 valence electrons. The van der Waals surface area contributed by atoms with Gasteiger partial charge in [0, 0.05) is 50.5 Å². The summed E-state index contributed by atoms with van der Waals surface area (Å²) < 4.78 is 7.06. The molecule has 1 aliphatic carbocycles. The van der Waals surface area contributed by atoms with Gasteiger partial charge < -0.3 is 19.9 Å². The van der Waals surface area contributed by atoms with Crippen LogP contribution in [-0.4, -0.2) is 77.9 Å². The van der Waals surface area contributed by atoms with Gasteiger partial charge in [0.05, 0.1) is 13.2 Å². The second-order valence-electron chi connectivity index (χ2n) is 8.64. The van der Waals surface area contributed by atoms with Gasteiger partial charge in [-0.1, -0.05) is 0 Å². The quantitative estimate of drug-likeness (QED) is 0.673. The number of carbonyl (C=O) groups is 1. The summed E-state index contributed by atoms with van der Waals surface area (Å²) in [6, 6.07) is 2.89. The van der Waals surface area contributed by atoms with Crippen LogP contribution in [0.3, 0.4) is 0 Å². The van der Waals surface area contributed by atoms with Gasteiger partial charge in [-0.25, -0.2) is 0 Å². The van der Waals surface area contributed by atoms with Crippen LogP contribution in [0.2, 0.25) is 0 Å². The van der Waals surface area contributed by atoms with Gasteiger partial charge in [-0.05, 0) is 55.7 Å². The molecule has 0 bridgehead atoms. The summed E-state index contributed by atoms with van der Waals surface area (Å²) in [5.74, 6) is 2.21. The van der Waals surface area contributed by atoms with Crippen LogP contribution in [0.25, 0.3) is 0 Å². The summed E-state index contributed by atoms with van der Waals surface area (Å²) in [5.41, 5.74) is 0.848. The number of nitrogens with one attached hydrogen (secondary N) is 2. The van der Waals surface area contributed by atoms with Gasteiger partial charge in [-0.15, -0.1) is 0 Å². The minimum Gasteiger partial charge on any atom is -0.379 e. The van der Waals surface area contributed by atoms with Gasteiger partial charge in [-0.3, -0.25) is 14.5 Å². The van der Waals surface area contributed by atoms with Gasteiger partial charge in [-0.2, -0.15) is 11.8 Å². The third-order valence-electron chi connectivity index (χ3n) is 6.62. The maximum absolute atomic E-state index is 13.0. The first-order valence-corrected chi connectivity index (χ1v) is 12.4. The number of rotatable bonds is 7. The van der Waals surface area contributed by atoms with E-state index in [2.05, 4.69) is 15.5 Å². The van der Waals surface area contributed by atoms with Crippen molar-refractivity contribution >= 4 is 17.7 Å². The van der Waals surface area contributed by atoms with E-state index in [1.165, 1.54) is 24.3 Å². The van der Waals surface area contributed by atoms with Gasteiger partial charge in [0.1, 0.15) is 5.56 Å². The Morgan fingerprint density at radius 2 is 1.87 bits per heavy atom. The van der Waals surface area contributed by atoms with Gasteiger partial charge in [0.15, 0.2) is 0 Å². The van der Waals surface area contributed by atoms with Gasteiger partial charge in [0.25, 0.3) is 11.5 Å². The molecule has 3 aliphatic rings. The van der Waals surface area contributed by atoms with Crippen LogP contribution < -0.4 is 16.2 Å². The van der Waals surface area contributed by atoms with Crippen LogP contribution in [-0.2, 0) is 11.3 Å². The van der Waals surface area contributed by atoms with Crippen molar-refractivity contribution in [3.8, 4) is 0 Å². The highest BCUT2D eigenvalue weighted by Crippen LogP contribution is 2.24. The predicted molar refractivity (Wildman–Crippen MR) is 120 cm³/mol. The van der Waals surface area contributed by atoms with E-state index in [1.54, 1.807) is 4.57 Å². The lowest BCUT2D eigenvalue weighted by Crippen LogP contribution is -2.59. The Morgan fingerprint density at radius 3 is 2.57 bits per heavy atom. The molecule has 2 saturated heterocycles. The van der Waals surface area contributed by atoms with E-state index in [0.29, 0.717) is 24.2 Å². The second-order valence-corrected chi connectivity index (χ2v) is 9.87. The molecule has 3 fully saturated rings. The standard InChI is InChI=1S/C22H34N4O3S/c1-16-4-7-26(9-8-25-10-12-29-13-11-25)22(28)20(16)21(27)24-19-3-2-18(19)23-17-5-14-30-15-6-17/h4,7,17-19,23H,2-3,5-6,8-15H2,1H3,(H,24,27)/t18-,19+/m1/s1. The Labute approximate surface area is 182 Å². The highest BCUT2D eigenvalue weighted by atomic mass is 32.2. The Kier molecular flexibility index (Phi) is 7.51. The number of thioether (sulfide) groups is 1. The molecular formula is C22H34N4O3S. The maximum atomic E-state index is 13.0. The van der Waals surface area contributed by atoms with Crippen molar-refractivity contribution in [2.45, 2.75) is 57.3 Å². The predicted octanol–water partition coefficient (Wildman–Crippen LogP) is 1.23. The molecule has 7 nitrogen and oxygen atoms in total. The second kappa shape index (κ2) is 10.3. The Hall–Kier alpha value is -1.35. The zero-order chi connectivity index (χ0) is 20.9. The summed E-state index contributed by atoms with van der Waals surface area (Å²) in [4.78, 5) is 28.3. The number of pyridine rings is 1. The first kappa shape index (κ1) is 21.9. The highest BCUT2D eigenvalue weighted by Gasteiger charge is 2.34. The summed E-state index contributed by atoms with van der Waals surface area (Å²) in [5, 5.41) is 6.87. The van der Waals surface area contributed by atoms with Crippen LogP contribution in [0.1, 0.15) is 41.6 Å². The highest BCUT2D eigenvalue weighted by molar-refractivity contribution is 7.99. The van der Waals surface area contributed by atoms with Crippen LogP contribution >= 0.6 is 11.8 Å². The Balaban J connectivity index is 1.36. The third kappa shape index (κ3) is 5.28. The van der Waals surface area contributed by atoms with Crippen LogP contribution in [0, 0.1) is 6.92 Å². The number of nitrogens with zero attached hydrogens (tertiary/aromatic N) is 2. The molecular weight excluding hydrogens is 400 g/mol. The zero-order valence-electron chi connectivity index (χ0n) is 17.9. The average molecular weight is 435 g/mol. The lowest BCUT2D eigenvalue weighted by molar-refractivity contribution is 0.0362. The lowest BCUT2D eigenvalue weighted by Gasteiger charge is -2.41. The van der Waals surface area contributed by atoms with Gasteiger partial charge >= 0.3 is 0 Å². The zero-order valence-corrected chi connectivity index (χ0v) is 18.7. The number of aryl methyl sites for hydroxylation is 1. The lowest BCUT2D eigenvalue weighted by atomic mass is 9.85. The molecule has 2 N–H and O–H groups in total. The van der Waals surface area contributed by atoms with E-state index >= 15 is 0 Å². The van der Waals surface area contributed by atoms with Crippen molar-refractivity contribution in [3.63, 3.8) is 0 Å². The molecule has 0 unspecified atom stereocenters. The number of aromatic nitrogens is 1. The Morgan fingerprint density at radius 1 is 1.13 bits per heavy atom. The molecule has 2 atom stereocenters. The molecule has 0 aromatic carbocycles. The van der Waals surface area contributed by atoms with E-state index in [0.717, 1.165) is 51.3 Å². The van der Waals surface area contributed by atoms with Crippen molar-refractivity contribution in [2.75, 3.05) is 44.4 Å². The molecule has 2 aliphatic heterocycles. The monoisotopic (exact) mass is 434 g/mol. The SMILES string of the molecule is Cc1ccn(CCN2CCOCC2)c(=O)c1C(=O)N[C@H]1CC[C@H]1NC1CCSCC1. The third-order valence-corrected chi connectivity index (χ3v) is 7.67. The van der Waals surface area contributed by atoms with E-state index in [1.807, 2.05) is 30.9 Å². The molecule has 0 radical (unpaired) electrons. The first-order valence-electron chi connectivity index (χ1n) is 11.3. The van der Waals surface area contributed by atoms with E-state index < -0.39 is 0 Å². The fraction of sp³-hybridized carbons (Fsp3) is 0.727. The van der Waals surface area contributed by atoms with Crippen LogP contribution in [0.15, 0.2) is 17.1 Å². The molecule has 0 spiro atoms. The smallest absolute Gasteiger partial charge is 0.263 e. The van der Waals surface area contributed by atoms with E-state index in [-0.39, 0.29) is 17.5 Å². The molecule has 1 aromatic rings. The van der Waals surface area contributed by atoms with Crippen molar-refractivity contribution in [2.24, 2.45) is 0 Å². The van der Waals surface area contributed by atoms with Crippen LogP contribution in [0.5, 0.6) is 0 Å². The largest absolute Gasteiger partial charge is 0.379 e. The molecule has 1 amide bonds. The van der Waals surface area contributed by atoms with Crippen LogP contribution in [0.4, 0.5) is 0 Å². The van der Waals surface area contributed by atoms with Crippen molar-refractivity contribution < 1.29 is 9.53 Å². The number of carbonyl (C=O) groups excluding carboxylic acids is 1. The van der Waals surface area contributed by atoms with E-state index in [9.17, 15) is 9.59 Å². The number of hydrogen-bond donors (Lipinski definition) is 2. The molecule has 8 heteroatoms. The summed E-state index contributed by atoms with van der Waals surface area (Å²) in [6.45, 7) is 6.50. The molecule has 1 aromatic heterocycles. The molecule has 1 saturated carbocycles. The minimum atomic E-state index is -0.228. The first-order chi connectivity index (χ1) is 14.6. The number of hydrogen-bond acceptors (Lipinski definition) is 6. The summed E-state index contributed by atoms with van der Waals surface area (Å²) in [7, 11) is 0. The topological polar surface area (TPSA) is 75.6 Å². The van der Waals surface area contributed by atoms with Crippen molar-refractivity contribution in [1.29, 1.82) is 0 Å². The van der Waals surface area contributed by atoms with Crippen molar-refractivity contribution in [1.82, 2.24) is 20.1 Å². The van der Waals surface area contributed by atoms with Crippen molar-refractivity contribution in [3.05, 3.63) is 33.7 Å². The van der Waals surface area contributed by atoms with Gasteiger partial charge in [0.2, 0.25) is 0 Å². The average Bonchev–Trinajstić information content (AvgIpc) is 2.76. The molecule has 3 heterocycles.